The highest BCUT2D eigenvalue weighted by molar-refractivity contribution is 5.25. The monoisotopic (exact) mass is 221 g/mol. The molecule has 2 rings (SSSR count). The molecule has 0 spiro atoms. The van der Waals surface area contributed by atoms with Crippen LogP contribution in [-0.4, -0.2) is 17.3 Å². The second-order valence-electron chi connectivity index (χ2n) is 4.53. The first kappa shape index (κ1) is 11.4. The summed E-state index contributed by atoms with van der Waals surface area (Å²) in [6.07, 6.45) is 4.68. The van der Waals surface area contributed by atoms with E-state index in [1.54, 1.807) is 12.1 Å². The summed E-state index contributed by atoms with van der Waals surface area (Å²) in [5.41, 5.74) is 7.00. The minimum atomic E-state index is 0.295. The second-order valence-corrected chi connectivity index (χ2v) is 4.53. The van der Waals surface area contributed by atoms with Crippen LogP contribution in [0.15, 0.2) is 24.3 Å². The Hall–Kier alpha value is -1.06. The Morgan fingerprint density at radius 3 is 2.69 bits per heavy atom. The number of phenolic OH excluding ortho intramolecular Hbond substituents is 1. The number of phenols is 1. The smallest absolute Gasteiger partial charge is 0.115 e. The highest BCUT2D eigenvalue weighted by Gasteiger charge is 2.19. The van der Waals surface area contributed by atoms with Crippen LogP contribution in [-0.2, 0) is 11.3 Å². The molecule has 1 aromatic rings. The Labute approximate surface area is 96.2 Å². The lowest BCUT2D eigenvalue weighted by Crippen LogP contribution is -2.32. The van der Waals surface area contributed by atoms with Crippen molar-refractivity contribution in [2.75, 3.05) is 0 Å². The summed E-state index contributed by atoms with van der Waals surface area (Å²) in [4.78, 5) is 0. The lowest BCUT2D eigenvalue weighted by molar-refractivity contribution is 0.0122. The van der Waals surface area contributed by atoms with Crippen LogP contribution in [0.1, 0.15) is 31.2 Å². The van der Waals surface area contributed by atoms with E-state index in [1.165, 1.54) is 6.42 Å². The molecule has 3 nitrogen and oxygen atoms in total. The summed E-state index contributed by atoms with van der Waals surface area (Å²) >= 11 is 0. The van der Waals surface area contributed by atoms with E-state index in [9.17, 15) is 0 Å². The SMILES string of the molecule is NC1CCCC(OCc2ccc(O)cc2)C1. The lowest BCUT2D eigenvalue weighted by Gasteiger charge is -2.26. The number of hydrogen-bond donors (Lipinski definition) is 2. The molecule has 3 heteroatoms. The standard InChI is InChI=1S/C13H19NO2/c14-11-2-1-3-13(8-11)16-9-10-4-6-12(15)7-5-10/h4-7,11,13,15H,1-3,8-9,14H2. The van der Waals surface area contributed by atoms with E-state index in [4.69, 9.17) is 15.6 Å². The van der Waals surface area contributed by atoms with Gasteiger partial charge in [0.05, 0.1) is 12.7 Å². The predicted molar refractivity (Wildman–Crippen MR) is 63.1 cm³/mol. The van der Waals surface area contributed by atoms with E-state index >= 15 is 0 Å². The average molecular weight is 221 g/mol. The van der Waals surface area contributed by atoms with Gasteiger partial charge in [-0.2, -0.15) is 0 Å². The molecule has 0 saturated heterocycles. The zero-order chi connectivity index (χ0) is 11.4. The molecule has 0 amide bonds. The molecule has 3 N–H and O–H groups in total. The van der Waals surface area contributed by atoms with E-state index in [0.717, 1.165) is 24.8 Å². The molecule has 0 aromatic heterocycles. The zero-order valence-electron chi connectivity index (χ0n) is 9.43. The van der Waals surface area contributed by atoms with Gasteiger partial charge in [0, 0.05) is 6.04 Å². The Morgan fingerprint density at radius 2 is 2.00 bits per heavy atom. The van der Waals surface area contributed by atoms with Gasteiger partial charge in [-0.1, -0.05) is 12.1 Å². The third kappa shape index (κ3) is 3.22. The fourth-order valence-electron chi connectivity index (χ4n) is 2.14. The third-order valence-electron chi connectivity index (χ3n) is 3.09. The first-order valence-electron chi connectivity index (χ1n) is 5.89. The van der Waals surface area contributed by atoms with Gasteiger partial charge in [0.15, 0.2) is 0 Å². The fraction of sp³-hybridized carbons (Fsp3) is 0.538. The van der Waals surface area contributed by atoms with E-state index in [0.29, 0.717) is 24.5 Å². The molecule has 2 unspecified atom stereocenters. The summed E-state index contributed by atoms with van der Waals surface area (Å²) in [6, 6.07) is 7.45. The second kappa shape index (κ2) is 5.32. The number of hydrogen-bond acceptors (Lipinski definition) is 3. The van der Waals surface area contributed by atoms with Gasteiger partial charge in [0.1, 0.15) is 5.75 Å². The quantitative estimate of drug-likeness (QED) is 0.822. The highest BCUT2D eigenvalue weighted by atomic mass is 16.5. The van der Waals surface area contributed by atoms with Crippen LogP contribution < -0.4 is 5.73 Å². The van der Waals surface area contributed by atoms with Gasteiger partial charge in [0.25, 0.3) is 0 Å². The van der Waals surface area contributed by atoms with Crippen molar-refractivity contribution < 1.29 is 9.84 Å². The maximum absolute atomic E-state index is 9.15. The number of aromatic hydroxyl groups is 1. The summed E-state index contributed by atoms with van der Waals surface area (Å²) in [5.74, 6) is 0.295. The van der Waals surface area contributed by atoms with Gasteiger partial charge in [-0.05, 0) is 43.4 Å². The summed E-state index contributed by atoms with van der Waals surface area (Å²) in [5, 5.41) is 9.15. The molecule has 1 aromatic carbocycles. The lowest BCUT2D eigenvalue weighted by atomic mass is 9.93. The van der Waals surface area contributed by atoms with Crippen molar-refractivity contribution in [2.45, 2.75) is 44.4 Å². The van der Waals surface area contributed by atoms with E-state index < -0.39 is 0 Å². The molecule has 88 valence electrons. The molecule has 2 atom stereocenters. The summed E-state index contributed by atoms with van der Waals surface area (Å²) < 4.78 is 5.82. The van der Waals surface area contributed by atoms with Gasteiger partial charge < -0.3 is 15.6 Å². The topological polar surface area (TPSA) is 55.5 Å². The Kier molecular flexibility index (Phi) is 3.80. The third-order valence-corrected chi connectivity index (χ3v) is 3.09. The van der Waals surface area contributed by atoms with Crippen molar-refractivity contribution in [3.8, 4) is 5.75 Å². The van der Waals surface area contributed by atoms with Crippen molar-refractivity contribution in [1.29, 1.82) is 0 Å². The van der Waals surface area contributed by atoms with Crippen molar-refractivity contribution >= 4 is 0 Å². The molecule has 1 aliphatic rings. The Morgan fingerprint density at radius 1 is 1.25 bits per heavy atom. The fourth-order valence-corrected chi connectivity index (χ4v) is 2.14. The zero-order valence-corrected chi connectivity index (χ0v) is 9.43. The van der Waals surface area contributed by atoms with Crippen LogP contribution in [0.25, 0.3) is 0 Å². The van der Waals surface area contributed by atoms with E-state index in [-0.39, 0.29) is 0 Å². The largest absolute Gasteiger partial charge is 0.508 e. The predicted octanol–water partition coefficient (Wildman–Crippen LogP) is 2.18. The van der Waals surface area contributed by atoms with Crippen LogP contribution in [0.4, 0.5) is 0 Å². The normalized spacial score (nSPS) is 25.6. The van der Waals surface area contributed by atoms with Crippen molar-refractivity contribution in [3.05, 3.63) is 29.8 Å². The molecule has 0 aliphatic heterocycles. The van der Waals surface area contributed by atoms with Crippen molar-refractivity contribution in [1.82, 2.24) is 0 Å². The first-order valence-corrected chi connectivity index (χ1v) is 5.89. The van der Waals surface area contributed by atoms with Gasteiger partial charge in [-0.15, -0.1) is 0 Å². The van der Waals surface area contributed by atoms with Crippen LogP contribution in [0, 0.1) is 0 Å². The molecule has 0 radical (unpaired) electrons. The maximum Gasteiger partial charge on any atom is 0.115 e. The number of benzene rings is 1. The molecule has 16 heavy (non-hydrogen) atoms. The minimum Gasteiger partial charge on any atom is -0.508 e. The molecule has 1 fully saturated rings. The van der Waals surface area contributed by atoms with Crippen molar-refractivity contribution in [3.63, 3.8) is 0 Å². The average Bonchev–Trinajstić information content (AvgIpc) is 2.28. The molecule has 1 saturated carbocycles. The molecular weight excluding hydrogens is 202 g/mol. The Balaban J connectivity index is 1.80. The van der Waals surface area contributed by atoms with Gasteiger partial charge in [0.2, 0.25) is 0 Å². The molecular formula is C13H19NO2. The number of ether oxygens (including phenoxy) is 1. The van der Waals surface area contributed by atoms with Crippen LogP contribution in [0.5, 0.6) is 5.75 Å². The molecule has 0 bridgehead atoms. The van der Waals surface area contributed by atoms with Gasteiger partial charge in [-0.3, -0.25) is 0 Å². The maximum atomic E-state index is 9.15. The number of nitrogens with two attached hydrogens (primary N) is 1. The molecule has 0 heterocycles. The first-order chi connectivity index (χ1) is 7.74. The van der Waals surface area contributed by atoms with Gasteiger partial charge in [-0.25, -0.2) is 0 Å². The van der Waals surface area contributed by atoms with E-state index in [2.05, 4.69) is 0 Å². The van der Waals surface area contributed by atoms with Crippen LogP contribution in [0.3, 0.4) is 0 Å². The molecule has 1 aliphatic carbocycles. The highest BCUT2D eigenvalue weighted by Crippen LogP contribution is 2.21. The number of rotatable bonds is 3. The van der Waals surface area contributed by atoms with Crippen LogP contribution in [0.2, 0.25) is 0 Å². The van der Waals surface area contributed by atoms with E-state index in [1.807, 2.05) is 12.1 Å². The summed E-state index contributed by atoms with van der Waals surface area (Å²) in [6.45, 7) is 0.609. The summed E-state index contributed by atoms with van der Waals surface area (Å²) in [7, 11) is 0. The van der Waals surface area contributed by atoms with Crippen molar-refractivity contribution in [2.24, 2.45) is 5.73 Å². The van der Waals surface area contributed by atoms with Gasteiger partial charge >= 0.3 is 0 Å². The minimum absolute atomic E-state index is 0.295. The Bertz CT molecular complexity index is 323. The van der Waals surface area contributed by atoms with Crippen LogP contribution >= 0.6 is 0 Å².